The summed E-state index contributed by atoms with van der Waals surface area (Å²) in [5, 5.41) is 7.07. The van der Waals surface area contributed by atoms with Gasteiger partial charge in [-0.2, -0.15) is 4.31 Å². The zero-order valence-electron chi connectivity index (χ0n) is 9.27. The molecule has 0 saturated carbocycles. The number of sulfonamides is 1. The Morgan fingerprint density at radius 1 is 1.38 bits per heavy atom. The van der Waals surface area contributed by atoms with Crippen LogP contribution in [0.15, 0.2) is 29.2 Å². The molecule has 0 spiro atoms. The molecule has 0 heterocycles. The number of benzene rings is 1. The summed E-state index contributed by atoms with van der Waals surface area (Å²) in [5.41, 5.74) is 6.16. The average molecular weight is 241 g/mol. The highest BCUT2D eigenvalue weighted by Gasteiger charge is 2.20. The molecule has 0 bridgehead atoms. The molecule has 0 aliphatic rings. The summed E-state index contributed by atoms with van der Waals surface area (Å²) >= 11 is 0. The van der Waals surface area contributed by atoms with Gasteiger partial charge in [-0.1, -0.05) is 17.7 Å². The average Bonchev–Trinajstić information content (AvgIpc) is 2.17. The minimum absolute atomic E-state index is 0.101. The van der Waals surface area contributed by atoms with Gasteiger partial charge in [0.05, 0.1) is 11.4 Å². The first-order valence-corrected chi connectivity index (χ1v) is 6.14. The maximum atomic E-state index is 12.0. The second-order valence-corrected chi connectivity index (χ2v) is 5.64. The van der Waals surface area contributed by atoms with Crippen LogP contribution in [0.2, 0.25) is 0 Å². The highest BCUT2D eigenvalue weighted by Crippen LogP contribution is 2.14. The summed E-state index contributed by atoms with van der Waals surface area (Å²) in [6.45, 7) is 1.78. The molecule has 0 fully saturated rings. The number of nitrogens with zero attached hydrogens (tertiary/aromatic N) is 1. The lowest BCUT2D eigenvalue weighted by Gasteiger charge is -2.16. The monoisotopic (exact) mass is 241 g/mol. The van der Waals surface area contributed by atoms with Crippen molar-refractivity contribution in [2.45, 2.75) is 11.8 Å². The van der Waals surface area contributed by atoms with Crippen LogP contribution >= 0.6 is 0 Å². The van der Waals surface area contributed by atoms with E-state index in [1.165, 1.54) is 7.05 Å². The zero-order chi connectivity index (χ0) is 12.3. The minimum Gasteiger partial charge on any atom is -0.387 e. The SMILES string of the molecule is Cc1ccc(S(=O)(=O)N(C)CC(=N)N)cc1. The van der Waals surface area contributed by atoms with E-state index in [2.05, 4.69) is 0 Å². The second kappa shape index (κ2) is 4.63. The van der Waals surface area contributed by atoms with Gasteiger partial charge in [-0.3, -0.25) is 5.41 Å². The van der Waals surface area contributed by atoms with Gasteiger partial charge in [0.1, 0.15) is 5.84 Å². The van der Waals surface area contributed by atoms with Crippen LogP contribution in [0.4, 0.5) is 0 Å². The molecular weight excluding hydrogens is 226 g/mol. The Labute approximate surface area is 95.4 Å². The van der Waals surface area contributed by atoms with Gasteiger partial charge in [-0.25, -0.2) is 8.42 Å². The fraction of sp³-hybridized carbons (Fsp3) is 0.300. The molecule has 3 N–H and O–H groups in total. The molecule has 1 rings (SSSR count). The Morgan fingerprint density at radius 3 is 2.31 bits per heavy atom. The van der Waals surface area contributed by atoms with Gasteiger partial charge in [0.2, 0.25) is 10.0 Å². The zero-order valence-corrected chi connectivity index (χ0v) is 10.1. The van der Waals surface area contributed by atoms with Gasteiger partial charge in [0, 0.05) is 7.05 Å². The smallest absolute Gasteiger partial charge is 0.243 e. The molecule has 1 aromatic carbocycles. The number of aryl methyl sites for hydroxylation is 1. The summed E-state index contributed by atoms with van der Waals surface area (Å²) in [4.78, 5) is 0.210. The van der Waals surface area contributed by atoms with E-state index < -0.39 is 10.0 Å². The van der Waals surface area contributed by atoms with Gasteiger partial charge < -0.3 is 5.73 Å². The number of amidine groups is 1. The molecule has 0 unspecified atom stereocenters. The molecule has 88 valence electrons. The summed E-state index contributed by atoms with van der Waals surface area (Å²) in [5.74, 6) is -0.182. The molecule has 0 aromatic heterocycles. The van der Waals surface area contributed by atoms with Crippen molar-refractivity contribution in [3.05, 3.63) is 29.8 Å². The van der Waals surface area contributed by atoms with Gasteiger partial charge in [-0.15, -0.1) is 0 Å². The van der Waals surface area contributed by atoms with Crippen LogP contribution in [-0.2, 0) is 10.0 Å². The Kier molecular flexibility index (Phi) is 3.66. The maximum absolute atomic E-state index is 12.0. The second-order valence-electron chi connectivity index (χ2n) is 3.60. The summed E-state index contributed by atoms with van der Waals surface area (Å²) in [7, 11) is -2.14. The fourth-order valence-electron chi connectivity index (χ4n) is 1.22. The largest absolute Gasteiger partial charge is 0.387 e. The van der Waals surface area contributed by atoms with Crippen LogP contribution in [-0.4, -0.2) is 32.2 Å². The molecule has 5 nitrogen and oxygen atoms in total. The van der Waals surface area contributed by atoms with Crippen LogP contribution in [0.25, 0.3) is 0 Å². The van der Waals surface area contributed by atoms with Gasteiger partial charge in [0.25, 0.3) is 0 Å². The van der Waals surface area contributed by atoms with Crippen molar-refractivity contribution in [2.24, 2.45) is 5.73 Å². The predicted octanol–water partition coefficient (Wildman–Crippen LogP) is 0.551. The van der Waals surface area contributed by atoms with Crippen LogP contribution in [0.1, 0.15) is 5.56 Å². The number of hydrogen-bond donors (Lipinski definition) is 2. The lowest BCUT2D eigenvalue weighted by atomic mass is 10.2. The summed E-state index contributed by atoms with van der Waals surface area (Å²) < 4.78 is 25.0. The Hall–Kier alpha value is -1.40. The third kappa shape index (κ3) is 2.80. The lowest BCUT2D eigenvalue weighted by Crippen LogP contribution is -2.35. The van der Waals surface area contributed by atoms with E-state index in [0.717, 1.165) is 9.87 Å². The normalized spacial score (nSPS) is 11.7. The van der Waals surface area contributed by atoms with Gasteiger partial charge >= 0.3 is 0 Å². The first-order valence-electron chi connectivity index (χ1n) is 4.70. The molecule has 0 atom stereocenters. The molecule has 16 heavy (non-hydrogen) atoms. The molecular formula is C10H15N3O2S. The lowest BCUT2D eigenvalue weighted by molar-refractivity contribution is 0.504. The Bertz CT molecular complexity index is 479. The third-order valence-corrected chi connectivity index (χ3v) is 3.94. The van der Waals surface area contributed by atoms with E-state index in [0.29, 0.717) is 0 Å². The van der Waals surface area contributed by atoms with Crippen molar-refractivity contribution < 1.29 is 8.42 Å². The number of nitrogens with two attached hydrogens (primary N) is 1. The first-order chi connectivity index (χ1) is 7.34. The minimum atomic E-state index is -3.54. The first kappa shape index (κ1) is 12.7. The topological polar surface area (TPSA) is 87.2 Å². The standard InChI is InChI=1S/C10H15N3O2S/c1-8-3-5-9(6-4-8)16(14,15)13(2)7-10(11)12/h3-6H,7H2,1-2H3,(H3,11,12). The van der Waals surface area contributed by atoms with Crippen molar-refractivity contribution in [1.29, 1.82) is 5.41 Å². The quantitative estimate of drug-likeness (QED) is 0.596. The highest BCUT2D eigenvalue weighted by atomic mass is 32.2. The predicted molar refractivity (Wildman–Crippen MR) is 62.9 cm³/mol. The molecule has 0 radical (unpaired) electrons. The summed E-state index contributed by atoms with van der Waals surface area (Å²) in [6.07, 6.45) is 0. The van der Waals surface area contributed by atoms with Crippen LogP contribution in [0, 0.1) is 12.3 Å². The maximum Gasteiger partial charge on any atom is 0.243 e. The van der Waals surface area contributed by atoms with Crippen LogP contribution in [0.5, 0.6) is 0 Å². The summed E-state index contributed by atoms with van der Waals surface area (Å²) in [6, 6.07) is 6.55. The van der Waals surface area contributed by atoms with Crippen molar-refractivity contribution >= 4 is 15.9 Å². The van der Waals surface area contributed by atoms with Gasteiger partial charge in [0.15, 0.2) is 0 Å². The third-order valence-electron chi connectivity index (χ3n) is 2.12. The Morgan fingerprint density at radius 2 is 1.88 bits per heavy atom. The Balaban J connectivity index is 3.02. The van der Waals surface area contributed by atoms with E-state index in [4.69, 9.17) is 11.1 Å². The van der Waals surface area contributed by atoms with E-state index >= 15 is 0 Å². The van der Waals surface area contributed by atoms with E-state index in [1.807, 2.05) is 6.92 Å². The highest BCUT2D eigenvalue weighted by molar-refractivity contribution is 7.89. The number of rotatable bonds is 4. The fourth-order valence-corrected chi connectivity index (χ4v) is 2.36. The van der Waals surface area contributed by atoms with Crippen molar-refractivity contribution in [2.75, 3.05) is 13.6 Å². The molecule has 6 heteroatoms. The number of hydrogen-bond acceptors (Lipinski definition) is 3. The van der Waals surface area contributed by atoms with Crippen molar-refractivity contribution in [3.8, 4) is 0 Å². The number of nitrogens with one attached hydrogen (secondary N) is 1. The van der Waals surface area contributed by atoms with Crippen molar-refractivity contribution in [3.63, 3.8) is 0 Å². The van der Waals surface area contributed by atoms with Crippen molar-refractivity contribution in [1.82, 2.24) is 4.31 Å². The van der Waals surface area contributed by atoms with Crippen LogP contribution < -0.4 is 5.73 Å². The number of likely N-dealkylation sites (N-methyl/N-ethyl adjacent to an activating group) is 1. The van der Waals surface area contributed by atoms with E-state index in [-0.39, 0.29) is 17.3 Å². The molecule has 1 aromatic rings. The van der Waals surface area contributed by atoms with Gasteiger partial charge in [-0.05, 0) is 19.1 Å². The van der Waals surface area contributed by atoms with Crippen LogP contribution in [0.3, 0.4) is 0 Å². The van der Waals surface area contributed by atoms with E-state index in [9.17, 15) is 8.42 Å². The molecule has 0 aliphatic carbocycles. The van der Waals surface area contributed by atoms with E-state index in [1.54, 1.807) is 24.3 Å². The molecule has 0 amide bonds. The molecule has 0 aliphatic heterocycles. The molecule has 0 saturated heterocycles.